The van der Waals surface area contributed by atoms with E-state index in [9.17, 15) is 29.2 Å². The van der Waals surface area contributed by atoms with Gasteiger partial charge in [-0.25, -0.2) is 4.76 Å². The number of aldehydes is 1. The van der Waals surface area contributed by atoms with Gasteiger partial charge in [-0.05, 0) is 5.56 Å². The number of carbonyl (C=O) groups excluding carboxylic acids is 4. The zero-order valence-electron chi connectivity index (χ0n) is 17.9. The maximum Gasteiger partial charge on any atom is 0.305 e. The van der Waals surface area contributed by atoms with Gasteiger partial charge in [0.1, 0.15) is 25.4 Å². The van der Waals surface area contributed by atoms with Gasteiger partial charge in [0, 0.05) is 19.4 Å². The molecule has 0 radical (unpaired) electrons. The first-order valence-electron chi connectivity index (χ1n) is 10.6. The summed E-state index contributed by atoms with van der Waals surface area (Å²) in [6.07, 6.45) is -0.998. The van der Waals surface area contributed by atoms with Crippen LogP contribution in [0.25, 0.3) is 0 Å². The lowest BCUT2D eigenvalue weighted by Crippen LogP contribution is -2.72. The molecule has 3 rings (SSSR count). The van der Waals surface area contributed by atoms with Crippen LogP contribution in [0.2, 0.25) is 0 Å². The topological polar surface area (TPSA) is 168 Å². The standard InChI is InChI=1S/C21H27N5O7/c27-12-16(9-20(30)31)23-21(32)15-10-22-13-25-19(29)7-6-17(26(25,33)11-15)24-18(28)8-14-4-2-1-3-5-14/h1-5,12,15-17,22H,6-11,13H2,(H,23,32)(H,24,28)(H,30,31). The van der Waals surface area contributed by atoms with Crippen molar-refractivity contribution in [1.29, 1.82) is 0 Å². The van der Waals surface area contributed by atoms with E-state index in [1.165, 1.54) is 0 Å². The summed E-state index contributed by atoms with van der Waals surface area (Å²) >= 11 is 0. The quantitative estimate of drug-likeness (QED) is 0.214. The maximum atomic E-state index is 13.9. The molecule has 3 amide bonds. The highest BCUT2D eigenvalue weighted by molar-refractivity contribution is 5.84. The Morgan fingerprint density at radius 1 is 1.30 bits per heavy atom. The number of quaternary nitrogens is 1. The molecule has 2 aliphatic heterocycles. The van der Waals surface area contributed by atoms with Crippen LogP contribution in [0.15, 0.2) is 30.3 Å². The van der Waals surface area contributed by atoms with E-state index in [-0.39, 0.29) is 44.9 Å². The van der Waals surface area contributed by atoms with Crippen molar-refractivity contribution in [3.8, 4) is 0 Å². The number of hydrogen-bond donors (Lipinski definition) is 4. The number of carboxylic acid groups (broad SMARTS) is 1. The number of hydrogen-bond acceptors (Lipinski definition) is 7. The molecule has 4 unspecified atom stereocenters. The van der Waals surface area contributed by atoms with Crippen molar-refractivity contribution in [2.24, 2.45) is 5.92 Å². The Bertz CT molecular complexity index is 912. The second-order valence-electron chi connectivity index (χ2n) is 8.17. The van der Waals surface area contributed by atoms with Crippen LogP contribution >= 0.6 is 0 Å². The SMILES string of the molecule is O=CC(CC(=O)O)NC(=O)C1CNCN2C(=O)CCC(NC(=O)Cc3ccccc3)[N+]2([O-])C1. The minimum Gasteiger partial charge on any atom is -0.604 e. The zero-order chi connectivity index (χ0) is 24.0. The Labute approximate surface area is 190 Å². The summed E-state index contributed by atoms with van der Waals surface area (Å²) in [7, 11) is 0. The molecule has 12 heteroatoms. The summed E-state index contributed by atoms with van der Waals surface area (Å²) < 4.78 is -1.24. The first-order valence-corrected chi connectivity index (χ1v) is 10.6. The van der Waals surface area contributed by atoms with Crippen molar-refractivity contribution < 1.29 is 33.8 Å². The van der Waals surface area contributed by atoms with E-state index in [0.717, 1.165) is 10.6 Å². The van der Waals surface area contributed by atoms with Crippen LogP contribution in [-0.2, 0) is 30.4 Å². The van der Waals surface area contributed by atoms with E-state index in [2.05, 4.69) is 16.0 Å². The Balaban J connectivity index is 1.75. The van der Waals surface area contributed by atoms with Crippen molar-refractivity contribution in [3.05, 3.63) is 41.1 Å². The van der Waals surface area contributed by atoms with Crippen LogP contribution in [0.5, 0.6) is 0 Å². The minimum absolute atomic E-state index is 0.0428. The predicted molar refractivity (Wildman–Crippen MR) is 113 cm³/mol. The second-order valence-corrected chi connectivity index (χ2v) is 8.17. The summed E-state index contributed by atoms with van der Waals surface area (Å²) in [5.74, 6) is -3.67. The summed E-state index contributed by atoms with van der Waals surface area (Å²) in [5, 5.41) is 31.8. The highest BCUT2D eigenvalue weighted by Crippen LogP contribution is 2.29. The number of fused-ring (bicyclic) bond motifs is 1. The predicted octanol–water partition coefficient (Wildman–Crippen LogP) is -1.14. The molecule has 2 saturated heterocycles. The van der Waals surface area contributed by atoms with Gasteiger partial charge in [0.25, 0.3) is 5.91 Å². The molecule has 2 aliphatic rings. The van der Waals surface area contributed by atoms with Gasteiger partial charge in [0.15, 0.2) is 6.17 Å². The summed E-state index contributed by atoms with van der Waals surface area (Å²) in [4.78, 5) is 59.8. The number of carboxylic acids is 1. The fourth-order valence-corrected chi connectivity index (χ4v) is 4.10. The van der Waals surface area contributed by atoms with E-state index in [0.29, 0.717) is 6.29 Å². The number of aliphatic carboxylic acids is 1. The number of benzene rings is 1. The number of hydroxylamine groups is 2. The Morgan fingerprint density at radius 2 is 2.03 bits per heavy atom. The van der Waals surface area contributed by atoms with Crippen molar-refractivity contribution in [1.82, 2.24) is 21.0 Å². The van der Waals surface area contributed by atoms with Gasteiger partial charge in [0.2, 0.25) is 11.8 Å². The Hall–Kier alpha value is -3.35. The third-order valence-electron chi connectivity index (χ3n) is 5.74. The number of nitrogens with one attached hydrogen (secondary N) is 3. The smallest absolute Gasteiger partial charge is 0.305 e. The lowest BCUT2D eigenvalue weighted by atomic mass is 10.1. The molecule has 0 aliphatic carbocycles. The van der Waals surface area contributed by atoms with Crippen molar-refractivity contribution >= 4 is 30.0 Å². The van der Waals surface area contributed by atoms with E-state index < -0.39 is 47.1 Å². The largest absolute Gasteiger partial charge is 0.604 e. The molecule has 1 aromatic rings. The third kappa shape index (κ3) is 5.92. The van der Waals surface area contributed by atoms with Crippen molar-refractivity contribution in [2.45, 2.75) is 37.9 Å². The van der Waals surface area contributed by atoms with Crippen LogP contribution in [-0.4, -0.2) is 76.8 Å². The molecule has 12 nitrogen and oxygen atoms in total. The summed E-state index contributed by atoms with van der Waals surface area (Å²) in [5.41, 5.74) is 0.768. The summed E-state index contributed by atoms with van der Waals surface area (Å²) in [6.45, 7) is -0.426. The van der Waals surface area contributed by atoms with Crippen LogP contribution in [0, 0.1) is 11.1 Å². The lowest BCUT2D eigenvalue weighted by molar-refractivity contribution is -1.01. The van der Waals surface area contributed by atoms with Crippen molar-refractivity contribution in [2.75, 3.05) is 19.8 Å². The Kier molecular flexibility index (Phi) is 7.74. The highest BCUT2D eigenvalue weighted by Gasteiger charge is 2.48. The highest BCUT2D eigenvalue weighted by atomic mass is 16.6. The van der Waals surface area contributed by atoms with E-state index >= 15 is 0 Å². The molecule has 4 atom stereocenters. The first kappa shape index (κ1) is 24.3. The van der Waals surface area contributed by atoms with Gasteiger partial charge in [-0.3, -0.25) is 24.5 Å². The van der Waals surface area contributed by atoms with Crippen LogP contribution in [0.4, 0.5) is 0 Å². The van der Waals surface area contributed by atoms with Gasteiger partial charge in [0.05, 0.1) is 18.9 Å². The average molecular weight is 461 g/mol. The monoisotopic (exact) mass is 461 g/mol. The molecule has 178 valence electrons. The molecule has 0 saturated carbocycles. The number of amides is 3. The van der Waals surface area contributed by atoms with Gasteiger partial charge in [-0.2, -0.15) is 5.01 Å². The average Bonchev–Trinajstić information content (AvgIpc) is 2.96. The molecule has 2 fully saturated rings. The van der Waals surface area contributed by atoms with Crippen LogP contribution < -0.4 is 16.0 Å². The second kappa shape index (κ2) is 10.5. The Morgan fingerprint density at radius 3 is 2.70 bits per heavy atom. The van der Waals surface area contributed by atoms with E-state index in [1.54, 1.807) is 24.3 Å². The van der Waals surface area contributed by atoms with Gasteiger partial charge in [-0.15, -0.1) is 0 Å². The number of carbonyl (C=O) groups is 5. The third-order valence-corrected chi connectivity index (χ3v) is 5.74. The van der Waals surface area contributed by atoms with Gasteiger partial charge < -0.3 is 25.7 Å². The molecule has 0 bridgehead atoms. The summed E-state index contributed by atoms with van der Waals surface area (Å²) in [6, 6.07) is 7.75. The van der Waals surface area contributed by atoms with Crippen LogP contribution in [0.3, 0.4) is 0 Å². The lowest BCUT2D eigenvalue weighted by Gasteiger charge is -2.55. The molecular weight excluding hydrogens is 434 g/mol. The van der Waals surface area contributed by atoms with Crippen LogP contribution in [0.1, 0.15) is 24.8 Å². The zero-order valence-corrected chi connectivity index (χ0v) is 17.9. The molecule has 2 heterocycles. The fourth-order valence-electron chi connectivity index (χ4n) is 4.10. The molecule has 33 heavy (non-hydrogen) atoms. The van der Waals surface area contributed by atoms with Crippen molar-refractivity contribution in [3.63, 3.8) is 0 Å². The molecule has 0 aromatic heterocycles. The number of rotatable bonds is 8. The molecule has 4 N–H and O–H groups in total. The first-order chi connectivity index (χ1) is 15.7. The molecule has 0 spiro atoms. The van der Waals surface area contributed by atoms with E-state index in [1.807, 2.05) is 6.07 Å². The fraction of sp³-hybridized carbons (Fsp3) is 0.476. The molecular formula is C21H27N5O7. The normalized spacial score (nSPS) is 25.8. The van der Waals surface area contributed by atoms with E-state index in [4.69, 9.17) is 5.11 Å². The molecule has 1 aromatic carbocycles. The maximum absolute atomic E-state index is 13.9. The minimum atomic E-state index is -1.26. The van der Waals surface area contributed by atoms with Gasteiger partial charge in [-0.1, -0.05) is 30.3 Å². The van der Waals surface area contributed by atoms with Gasteiger partial charge >= 0.3 is 5.97 Å². The number of nitrogens with zero attached hydrogens (tertiary/aromatic N) is 2.